The average molecular weight is 420 g/mol. The molecule has 1 aromatic carbocycles. The normalized spacial score (nSPS) is 21.1. The molecule has 0 unspecified atom stereocenters. The van der Waals surface area contributed by atoms with Gasteiger partial charge in [-0.05, 0) is 37.5 Å². The van der Waals surface area contributed by atoms with Crippen molar-refractivity contribution >= 4 is 12.0 Å². The molecule has 4 rings (SSSR count). The van der Waals surface area contributed by atoms with Crippen LogP contribution < -0.4 is 5.32 Å². The van der Waals surface area contributed by atoms with Gasteiger partial charge in [-0.3, -0.25) is 4.79 Å². The van der Waals surface area contributed by atoms with Crippen LogP contribution in [0.5, 0.6) is 0 Å². The Hall–Kier alpha value is -3.04. The zero-order chi connectivity index (χ0) is 21.3. The van der Waals surface area contributed by atoms with Gasteiger partial charge in [-0.25, -0.2) is 4.79 Å². The van der Waals surface area contributed by atoms with Crippen molar-refractivity contribution in [3.8, 4) is 11.5 Å². The second-order valence-corrected chi connectivity index (χ2v) is 7.37. The summed E-state index contributed by atoms with van der Waals surface area (Å²) in [6, 6.07) is 4.72. The molecule has 2 atom stereocenters. The van der Waals surface area contributed by atoms with Gasteiger partial charge in [-0.1, -0.05) is 18.9 Å². The van der Waals surface area contributed by atoms with Crippen molar-refractivity contribution in [3.63, 3.8) is 0 Å². The van der Waals surface area contributed by atoms with E-state index in [9.17, 15) is 18.4 Å². The van der Waals surface area contributed by atoms with E-state index in [0.29, 0.717) is 17.7 Å². The quantitative estimate of drug-likeness (QED) is 0.792. The maximum atomic E-state index is 13.1. The highest BCUT2D eigenvalue weighted by atomic mass is 19.3. The van der Waals surface area contributed by atoms with Crippen LogP contribution in [0.2, 0.25) is 0 Å². The van der Waals surface area contributed by atoms with Gasteiger partial charge in [0.25, 0.3) is 11.8 Å². The molecule has 1 aromatic heterocycles. The second kappa shape index (κ2) is 8.37. The Balaban J connectivity index is 1.54. The molecule has 2 aliphatic rings. The van der Waals surface area contributed by atoms with Crippen molar-refractivity contribution in [1.29, 1.82) is 0 Å². The van der Waals surface area contributed by atoms with Gasteiger partial charge >= 0.3 is 12.5 Å². The number of nitrogens with one attached hydrogen (secondary N) is 1. The number of benzene rings is 1. The van der Waals surface area contributed by atoms with Gasteiger partial charge in [-0.15, -0.1) is 10.2 Å². The SMILES string of the molecule is CCOC(=O)N[C@@H]1CCCC[C@H]1N1Cc2ccc(-c3nnc(C(F)F)o3)cc2C1=O. The first-order valence-corrected chi connectivity index (χ1v) is 9.97. The molecule has 1 N–H and O–H groups in total. The molecule has 0 saturated heterocycles. The summed E-state index contributed by atoms with van der Waals surface area (Å²) < 4.78 is 35.4. The molecule has 0 radical (unpaired) electrons. The molecule has 1 fully saturated rings. The highest BCUT2D eigenvalue weighted by molar-refractivity contribution is 5.99. The first-order chi connectivity index (χ1) is 14.5. The van der Waals surface area contributed by atoms with E-state index in [1.807, 2.05) is 0 Å². The Morgan fingerprint density at radius 1 is 1.33 bits per heavy atom. The van der Waals surface area contributed by atoms with Crippen molar-refractivity contribution in [1.82, 2.24) is 20.4 Å². The molecule has 1 aliphatic carbocycles. The Kier molecular flexibility index (Phi) is 5.65. The summed E-state index contributed by atoms with van der Waals surface area (Å²) in [4.78, 5) is 26.8. The van der Waals surface area contributed by atoms with Crippen LogP contribution >= 0.6 is 0 Å². The first-order valence-electron chi connectivity index (χ1n) is 9.97. The number of rotatable bonds is 5. The summed E-state index contributed by atoms with van der Waals surface area (Å²) in [5, 5.41) is 9.86. The van der Waals surface area contributed by atoms with Crippen LogP contribution in [0, 0.1) is 0 Å². The molecule has 2 aromatic rings. The highest BCUT2D eigenvalue weighted by Crippen LogP contribution is 2.33. The smallest absolute Gasteiger partial charge is 0.407 e. The fourth-order valence-electron chi connectivity index (χ4n) is 4.14. The summed E-state index contributed by atoms with van der Waals surface area (Å²) in [5.41, 5.74) is 1.72. The minimum absolute atomic E-state index is 0.0566. The van der Waals surface area contributed by atoms with Crippen molar-refractivity contribution < 1.29 is 27.5 Å². The fourth-order valence-corrected chi connectivity index (χ4v) is 4.14. The van der Waals surface area contributed by atoms with Gasteiger partial charge in [0.05, 0.1) is 18.7 Å². The van der Waals surface area contributed by atoms with Crippen molar-refractivity contribution in [2.24, 2.45) is 0 Å². The fraction of sp³-hybridized carbons (Fsp3) is 0.500. The van der Waals surface area contributed by atoms with Gasteiger partial charge in [0.15, 0.2) is 0 Å². The minimum atomic E-state index is -2.85. The topological polar surface area (TPSA) is 97.6 Å². The van der Waals surface area contributed by atoms with Crippen LogP contribution in [0.25, 0.3) is 11.5 Å². The lowest BCUT2D eigenvalue weighted by atomic mass is 9.89. The predicted octanol–water partition coefficient (Wildman–Crippen LogP) is 3.69. The van der Waals surface area contributed by atoms with Gasteiger partial charge in [-0.2, -0.15) is 8.78 Å². The third-order valence-corrected chi connectivity index (χ3v) is 5.52. The maximum Gasteiger partial charge on any atom is 0.407 e. The first kappa shape index (κ1) is 20.2. The number of ether oxygens (including phenoxy) is 1. The number of carbonyl (C=O) groups is 2. The van der Waals surface area contributed by atoms with Crippen LogP contribution in [-0.2, 0) is 11.3 Å². The van der Waals surface area contributed by atoms with Crippen molar-refractivity contribution in [2.45, 2.75) is 57.7 Å². The van der Waals surface area contributed by atoms with E-state index in [1.54, 1.807) is 30.0 Å². The molecule has 2 heterocycles. The van der Waals surface area contributed by atoms with Crippen LogP contribution in [0.3, 0.4) is 0 Å². The zero-order valence-corrected chi connectivity index (χ0v) is 16.4. The standard InChI is InChI=1S/C20H22F2N4O4/c1-2-29-20(28)23-14-5-3-4-6-15(14)26-10-12-8-7-11(9-13(12)19(26)27)17-24-25-18(30-17)16(21)22/h7-9,14-16H,2-6,10H2,1H3,(H,23,28)/t14-,15-/m1/s1. The number of aromatic nitrogens is 2. The molecule has 30 heavy (non-hydrogen) atoms. The average Bonchev–Trinajstić information content (AvgIpc) is 3.34. The molecule has 0 spiro atoms. The number of fused-ring (bicyclic) bond motifs is 1. The summed E-state index contributed by atoms with van der Waals surface area (Å²) in [6.07, 6.45) is 0.157. The number of hydrogen-bond acceptors (Lipinski definition) is 6. The number of alkyl halides is 2. The van der Waals surface area contributed by atoms with E-state index in [1.165, 1.54) is 0 Å². The Morgan fingerprint density at radius 2 is 2.13 bits per heavy atom. The van der Waals surface area contributed by atoms with E-state index in [-0.39, 0.29) is 30.5 Å². The molecule has 1 aliphatic heterocycles. The maximum absolute atomic E-state index is 13.1. The predicted molar refractivity (Wildman–Crippen MR) is 101 cm³/mol. The Bertz CT molecular complexity index is 949. The van der Waals surface area contributed by atoms with Crippen LogP contribution in [0.1, 0.15) is 60.8 Å². The Labute approximate surface area is 171 Å². The largest absolute Gasteiger partial charge is 0.450 e. The van der Waals surface area contributed by atoms with E-state index < -0.39 is 18.4 Å². The van der Waals surface area contributed by atoms with Crippen LogP contribution in [0.4, 0.5) is 13.6 Å². The number of nitrogens with zero attached hydrogens (tertiary/aromatic N) is 3. The molecule has 160 valence electrons. The summed E-state index contributed by atoms with van der Waals surface area (Å²) in [7, 11) is 0. The number of alkyl carbamates (subject to hydrolysis) is 1. The Morgan fingerprint density at radius 3 is 2.87 bits per heavy atom. The number of halogens is 2. The van der Waals surface area contributed by atoms with E-state index >= 15 is 0 Å². The van der Waals surface area contributed by atoms with Crippen molar-refractivity contribution in [2.75, 3.05) is 6.61 Å². The van der Waals surface area contributed by atoms with E-state index in [4.69, 9.17) is 9.15 Å². The lowest BCUT2D eigenvalue weighted by molar-refractivity contribution is 0.0591. The second-order valence-electron chi connectivity index (χ2n) is 7.37. The van der Waals surface area contributed by atoms with Gasteiger partial charge in [0.2, 0.25) is 5.89 Å². The van der Waals surface area contributed by atoms with Crippen molar-refractivity contribution in [3.05, 3.63) is 35.2 Å². The van der Waals surface area contributed by atoms with Crippen LogP contribution in [-0.4, -0.2) is 45.8 Å². The van der Waals surface area contributed by atoms with Gasteiger partial charge in [0.1, 0.15) is 0 Å². The van der Waals surface area contributed by atoms with Crippen LogP contribution in [0.15, 0.2) is 22.6 Å². The molecule has 0 bridgehead atoms. The van der Waals surface area contributed by atoms with E-state index in [2.05, 4.69) is 15.5 Å². The zero-order valence-electron chi connectivity index (χ0n) is 16.4. The molecule has 10 heteroatoms. The minimum Gasteiger partial charge on any atom is -0.450 e. The van der Waals surface area contributed by atoms with E-state index in [0.717, 1.165) is 31.2 Å². The summed E-state index contributed by atoms with van der Waals surface area (Å²) in [6.45, 7) is 2.44. The lowest BCUT2D eigenvalue weighted by Crippen LogP contribution is -2.53. The van der Waals surface area contributed by atoms with Gasteiger partial charge < -0.3 is 19.4 Å². The third kappa shape index (κ3) is 3.86. The number of carbonyl (C=O) groups excluding carboxylic acids is 2. The molecular formula is C20H22F2N4O4. The molecule has 1 saturated carbocycles. The molecule has 8 nitrogen and oxygen atoms in total. The molecule has 2 amide bonds. The highest BCUT2D eigenvalue weighted by Gasteiger charge is 2.39. The van der Waals surface area contributed by atoms with Gasteiger partial charge in [0, 0.05) is 17.7 Å². The number of hydrogen-bond donors (Lipinski definition) is 1. The summed E-state index contributed by atoms with van der Waals surface area (Å²) >= 11 is 0. The summed E-state index contributed by atoms with van der Waals surface area (Å²) in [5.74, 6) is -0.976. The number of amides is 2. The monoisotopic (exact) mass is 420 g/mol. The molecular weight excluding hydrogens is 398 g/mol. The lowest BCUT2D eigenvalue weighted by Gasteiger charge is -2.38. The third-order valence-electron chi connectivity index (χ3n) is 5.52.